The van der Waals surface area contributed by atoms with Gasteiger partial charge in [0.1, 0.15) is 6.04 Å². The molecule has 3 heterocycles. The second-order valence-corrected chi connectivity index (χ2v) is 9.09. The van der Waals surface area contributed by atoms with E-state index < -0.39 is 23.9 Å². The van der Waals surface area contributed by atoms with Crippen molar-refractivity contribution in [1.82, 2.24) is 0 Å². The van der Waals surface area contributed by atoms with Crippen molar-refractivity contribution in [2.45, 2.75) is 12.1 Å². The van der Waals surface area contributed by atoms with Crippen LogP contribution >= 0.6 is 0 Å². The first-order valence-corrected chi connectivity index (χ1v) is 11.8. The number of fused-ring (bicyclic) bond motifs is 5. The van der Waals surface area contributed by atoms with Crippen LogP contribution in [0.1, 0.15) is 15.9 Å². The van der Waals surface area contributed by atoms with Crippen molar-refractivity contribution in [3.8, 4) is 11.5 Å². The van der Waals surface area contributed by atoms with E-state index in [0.29, 0.717) is 22.7 Å². The smallest absolute Gasteiger partial charge is 0.240 e. The van der Waals surface area contributed by atoms with E-state index in [0.717, 1.165) is 11.3 Å². The van der Waals surface area contributed by atoms with E-state index in [1.54, 1.807) is 42.5 Å². The van der Waals surface area contributed by atoms with Crippen LogP contribution in [-0.4, -0.2) is 43.9 Å². The zero-order chi connectivity index (χ0) is 25.0. The highest BCUT2D eigenvalue weighted by Gasteiger charge is 2.64. The average molecular weight is 481 g/mol. The Morgan fingerprint density at radius 2 is 1.50 bits per heavy atom. The molecular weight excluding hydrogens is 456 g/mol. The maximum Gasteiger partial charge on any atom is 0.240 e. The Morgan fingerprint density at radius 3 is 2.25 bits per heavy atom. The number of carbonyl (C=O) groups is 3. The largest absolute Gasteiger partial charge is 0.493 e. The lowest BCUT2D eigenvalue weighted by Crippen LogP contribution is -2.48. The van der Waals surface area contributed by atoms with Gasteiger partial charge in [-0.05, 0) is 42.0 Å². The highest BCUT2D eigenvalue weighted by atomic mass is 16.5. The predicted octanol–water partition coefficient (Wildman–Crippen LogP) is 3.98. The number of hydrogen-bond acceptors (Lipinski definition) is 6. The van der Waals surface area contributed by atoms with Crippen LogP contribution in [-0.2, 0) is 9.59 Å². The molecule has 36 heavy (non-hydrogen) atoms. The zero-order valence-electron chi connectivity index (χ0n) is 19.8. The molecule has 3 aliphatic heterocycles. The fourth-order valence-electron chi connectivity index (χ4n) is 5.81. The lowest BCUT2D eigenvalue weighted by Gasteiger charge is -2.36. The van der Waals surface area contributed by atoms with Crippen LogP contribution in [0, 0.1) is 11.8 Å². The van der Waals surface area contributed by atoms with Gasteiger partial charge in [-0.3, -0.25) is 14.4 Å². The maximum absolute atomic E-state index is 14.2. The first-order valence-electron chi connectivity index (χ1n) is 11.8. The molecule has 4 atom stereocenters. The molecule has 3 aromatic rings. The summed E-state index contributed by atoms with van der Waals surface area (Å²) in [5.41, 5.74) is 2.69. The van der Waals surface area contributed by atoms with Gasteiger partial charge < -0.3 is 14.4 Å². The van der Waals surface area contributed by atoms with Crippen LogP contribution in [0.2, 0.25) is 0 Å². The number of imide groups is 1. The number of nitrogens with zero attached hydrogens (tertiary/aromatic N) is 2. The lowest BCUT2D eigenvalue weighted by molar-refractivity contribution is -0.122. The fourth-order valence-corrected chi connectivity index (χ4v) is 5.81. The lowest BCUT2D eigenvalue weighted by atomic mass is 9.86. The van der Waals surface area contributed by atoms with Crippen LogP contribution in [0.4, 0.5) is 11.4 Å². The van der Waals surface area contributed by atoms with E-state index in [2.05, 4.69) is 0 Å². The van der Waals surface area contributed by atoms with Crippen molar-refractivity contribution in [3.05, 3.63) is 90.0 Å². The summed E-state index contributed by atoms with van der Waals surface area (Å²) >= 11 is 0. The van der Waals surface area contributed by atoms with Gasteiger partial charge in [0, 0.05) is 11.3 Å². The number of anilines is 2. The van der Waals surface area contributed by atoms with Gasteiger partial charge in [-0.2, -0.15) is 0 Å². The normalized spacial score (nSPS) is 23.8. The third kappa shape index (κ3) is 3.09. The molecule has 0 N–H and O–H groups in total. The minimum Gasteiger partial charge on any atom is -0.493 e. The van der Waals surface area contributed by atoms with E-state index in [4.69, 9.17) is 9.47 Å². The van der Waals surface area contributed by atoms with E-state index in [1.807, 2.05) is 47.4 Å². The summed E-state index contributed by atoms with van der Waals surface area (Å²) in [5.74, 6) is -1.43. The summed E-state index contributed by atoms with van der Waals surface area (Å²) in [6.45, 7) is 0. The molecule has 0 bridgehead atoms. The number of hydrogen-bond donors (Lipinski definition) is 0. The molecule has 7 nitrogen and oxygen atoms in total. The van der Waals surface area contributed by atoms with E-state index in [-0.39, 0.29) is 17.6 Å². The zero-order valence-corrected chi connectivity index (χ0v) is 19.8. The highest BCUT2D eigenvalue weighted by Crippen LogP contribution is 2.50. The Kier molecular flexibility index (Phi) is 5.14. The van der Waals surface area contributed by atoms with Gasteiger partial charge in [0.25, 0.3) is 0 Å². The van der Waals surface area contributed by atoms with Gasteiger partial charge in [-0.1, -0.05) is 48.6 Å². The van der Waals surface area contributed by atoms with Crippen LogP contribution in [0.15, 0.2) is 78.9 Å². The number of rotatable bonds is 5. The van der Waals surface area contributed by atoms with E-state index >= 15 is 0 Å². The number of benzene rings is 3. The minimum atomic E-state index is -0.852. The van der Waals surface area contributed by atoms with Crippen LogP contribution < -0.4 is 19.3 Å². The monoisotopic (exact) mass is 480 g/mol. The molecule has 7 heteroatoms. The predicted molar refractivity (Wildman–Crippen MR) is 135 cm³/mol. The molecule has 4 unspecified atom stereocenters. The Bertz CT molecular complexity index is 1420. The number of carbonyl (C=O) groups excluding carboxylic acids is 3. The number of amides is 2. The number of ether oxygens (including phenoxy) is 2. The molecule has 0 spiro atoms. The molecule has 0 aromatic heterocycles. The quantitative estimate of drug-likeness (QED) is 0.406. The maximum atomic E-state index is 14.2. The second-order valence-electron chi connectivity index (χ2n) is 9.09. The van der Waals surface area contributed by atoms with Crippen molar-refractivity contribution in [2.24, 2.45) is 11.8 Å². The Labute approximate surface area is 208 Å². The van der Waals surface area contributed by atoms with Crippen LogP contribution in [0.5, 0.6) is 11.5 Å². The summed E-state index contributed by atoms with van der Waals surface area (Å²) in [6, 6.07) is 20.4. The van der Waals surface area contributed by atoms with Gasteiger partial charge in [0.05, 0.1) is 37.8 Å². The van der Waals surface area contributed by atoms with Gasteiger partial charge in [0.15, 0.2) is 17.3 Å². The summed E-state index contributed by atoms with van der Waals surface area (Å²) in [5, 5.41) is 0. The third-order valence-electron chi connectivity index (χ3n) is 7.37. The van der Waals surface area contributed by atoms with Crippen molar-refractivity contribution < 1.29 is 23.9 Å². The summed E-state index contributed by atoms with van der Waals surface area (Å²) in [7, 11) is 3.04. The van der Waals surface area contributed by atoms with Gasteiger partial charge in [-0.15, -0.1) is 0 Å². The molecule has 2 amide bonds. The molecule has 180 valence electrons. The summed E-state index contributed by atoms with van der Waals surface area (Å²) in [6.07, 6.45) is 3.92. The standard InChI is InChI=1S/C29H24N2O5/c1-35-22-15-13-18(16-23(22)36-2)27(32)26-25-24(21-14-12-17-8-6-7-11-20(17)31(21)26)28(33)30(29(25)34)19-9-4-3-5-10-19/h3-16,21,24-26H,1-2H3. The summed E-state index contributed by atoms with van der Waals surface area (Å²) in [4.78, 5) is 45.0. The first kappa shape index (κ1) is 22.1. The first-order chi connectivity index (χ1) is 17.5. The van der Waals surface area contributed by atoms with Crippen molar-refractivity contribution in [1.29, 1.82) is 0 Å². The SMILES string of the molecule is COc1ccc(C(=O)C2C3C(=O)N(c4ccccc4)C(=O)C3C3C=Cc4ccccc4N32)cc1OC. The average Bonchev–Trinajstić information content (AvgIpc) is 3.40. The Morgan fingerprint density at radius 1 is 0.806 bits per heavy atom. The van der Waals surface area contributed by atoms with Crippen LogP contribution in [0.3, 0.4) is 0 Å². The molecule has 3 aliphatic rings. The number of para-hydroxylation sites is 2. The third-order valence-corrected chi connectivity index (χ3v) is 7.37. The fraction of sp³-hybridized carbons (Fsp3) is 0.207. The second kappa shape index (κ2) is 8.37. The molecule has 0 radical (unpaired) electrons. The minimum absolute atomic E-state index is 0.241. The van der Waals surface area contributed by atoms with E-state index in [9.17, 15) is 14.4 Å². The van der Waals surface area contributed by atoms with Crippen molar-refractivity contribution in [2.75, 3.05) is 24.0 Å². The molecule has 0 aliphatic carbocycles. The molecular formula is C29H24N2O5. The number of methoxy groups -OCH3 is 2. The topological polar surface area (TPSA) is 76.2 Å². The van der Waals surface area contributed by atoms with Crippen LogP contribution in [0.25, 0.3) is 6.08 Å². The van der Waals surface area contributed by atoms with Gasteiger partial charge in [0.2, 0.25) is 11.8 Å². The van der Waals surface area contributed by atoms with Crippen molar-refractivity contribution >= 4 is 35.0 Å². The Hall–Kier alpha value is -4.39. The number of Topliss-reactive ketones (excluding diaryl/α,β-unsaturated/α-hetero) is 1. The van der Waals surface area contributed by atoms with Gasteiger partial charge >= 0.3 is 0 Å². The highest BCUT2D eigenvalue weighted by molar-refractivity contribution is 6.25. The van der Waals surface area contributed by atoms with Gasteiger partial charge in [-0.25, -0.2) is 4.90 Å². The summed E-state index contributed by atoms with van der Waals surface area (Å²) < 4.78 is 10.8. The molecule has 3 aromatic carbocycles. The molecule has 0 saturated carbocycles. The molecule has 2 fully saturated rings. The molecule has 2 saturated heterocycles. The van der Waals surface area contributed by atoms with E-state index in [1.165, 1.54) is 19.1 Å². The Balaban J connectivity index is 1.49. The van der Waals surface area contributed by atoms with Crippen molar-refractivity contribution in [3.63, 3.8) is 0 Å². The number of ketones is 1. The molecule has 6 rings (SSSR count).